The molecule has 0 radical (unpaired) electrons. The third-order valence-electron chi connectivity index (χ3n) is 3.11. The van der Waals surface area contributed by atoms with E-state index in [2.05, 4.69) is 10.3 Å². The van der Waals surface area contributed by atoms with Crippen molar-refractivity contribution in [3.63, 3.8) is 0 Å². The minimum atomic E-state index is -0.912. The summed E-state index contributed by atoms with van der Waals surface area (Å²) in [7, 11) is 0. The predicted molar refractivity (Wildman–Crippen MR) is 97.6 cm³/mol. The van der Waals surface area contributed by atoms with Crippen LogP contribution in [-0.4, -0.2) is 28.5 Å². The highest BCUT2D eigenvalue weighted by atomic mass is 19.1. The number of pyridine rings is 1. The summed E-state index contributed by atoms with van der Waals surface area (Å²) in [4.78, 5) is 38.1. The number of halogens is 1. The van der Waals surface area contributed by atoms with Gasteiger partial charge in [0, 0.05) is 23.9 Å². The largest absolute Gasteiger partial charge is 0.454 e. The van der Waals surface area contributed by atoms with Crippen LogP contribution < -0.4 is 21.5 Å². The van der Waals surface area contributed by atoms with E-state index in [-0.39, 0.29) is 28.6 Å². The second-order valence-corrected chi connectivity index (χ2v) is 6.68. The lowest BCUT2D eigenvalue weighted by atomic mass is 10.2. The van der Waals surface area contributed by atoms with Crippen LogP contribution in [0.4, 0.5) is 14.9 Å². The molecular weight excluding hydrogens is 371 g/mol. The molecule has 28 heavy (non-hydrogen) atoms. The van der Waals surface area contributed by atoms with Gasteiger partial charge in [-0.2, -0.15) is 0 Å². The number of hydrogen-bond donors (Lipinski definition) is 3. The summed E-state index contributed by atoms with van der Waals surface area (Å²) in [6, 6.07) is 5.93. The van der Waals surface area contributed by atoms with Crippen LogP contribution in [0.3, 0.4) is 0 Å². The molecule has 1 aromatic heterocycles. The number of primary amides is 2. The third-order valence-corrected chi connectivity index (χ3v) is 3.11. The number of nitrogens with two attached hydrogens (primary N) is 2. The summed E-state index contributed by atoms with van der Waals surface area (Å²) >= 11 is 0. The molecule has 2 aromatic rings. The summed E-state index contributed by atoms with van der Waals surface area (Å²) in [5.41, 5.74) is 9.20. The fourth-order valence-electron chi connectivity index (χ4n) is 2.03. The molecule has 1 heterocycles. The molecule has 0 unspecified atom stereocenters. The van der Waals surface area contributed by atoms with E-state index >= 15 is 0 Å². The number of benzene rings is 1. The molecule has 1 aromatic carbocycles. The molecule has 0 saturated heterocycles. The highest BCUT2D eigenvalue weighted by Gasteiger charge is 2.17. The number of aromatic nitrogens is 1. The van der Waals surface area contributed by atoms with Crippen LogP contribution in [0.2, 0.25) is 0 Å². The van der Waals surface area contributed by atoms with Crippen molar-refractivity contribution in [2.75, 3.05) is 5.32 Å². The van der Waals surface area contributed by atoms with E-state index in [0.717, 1.165) is 18.2 Å². The Bertz CT molecular complexity index is 908. The highest BCUT2D eigenvalue weighted by molar-refractivity contribution is 5.95. The van der Waals surface area contributed by atoms with Gasteiger partial charge in [-0.25, -0.2) is 14.2 Å². The van der Waals surface area contributed by atoms with E-state index in [1.54, 1.807) is 20.8 Å². The molecule has 9 nitrogen and oxygen atoms in total. The van der Waals surface area contributed by atoms with Crippen molar-refractivity contribution in [3.05, 3.63) is 47.5 Å². The Morgan fingerprint density at radius 2 is 1.61 bits per heavy atom. The first-order chi connectivity index (χ1) is 12.9. The molecule has 0 atom stereocenters. The first-order valence-electron chi connectivity index (χ1n) is 8.04. The zero-order valence-electron chi connectivity index (χ0n) is 15.4. The standard InChI is InChI=1S/C18H19FN4O5/c1-18(2,3)28-17(26)22-9-4-5-14(11(19)6-9)27-10-7-12(15(20)24)23-13(8-10)16(21)25/h4-8H,1-3H3,(H2,20,24)(H2,21,25)(H,22,26). The van der Waals surface area contributed by atoms with Gasteiger partial charge in [-0.05, 0) is 32.9 Å². The Balaban J connectivity index is 2.22. The molecule has 3 amide bonds. The van der Waals surface area contributed by atoms with E-state index in [4.69, 9.17) is 20.9 Å². The molecule has 0 saturated carbocycles. The van der Waals surface area contributed by atoms with Gasteiger partial charge in [0.05, 0.1) is 0 Å². The van der Waals surface area contributed by atoms with Gasteiger partial charge in [0.2, 0.25) is 0 Å². The maximum atomic E-state index is 14.3. The number of carbonyl (C=O) groups is 3. The Hall–Kier alpha value is -3.69. The molecule has 0 spiro atoms. The van der Waals surface area contributed by atoms with Gasteiger partial charge in [-0.15, -0.1) is 0 Å². The van der Waals surface area contributed by atoms with E-state index in [9.17, 15) is 18.8 Å². The highest BCUT2D eigenvalue weighted by Crippen LogP contribution is 2.28. The smallest absolute Gasteiger partial charge is 0.412 e. The molecule has 0 fully saturated rings. The number of hydrogen-bond acceptors (Lipinski definition) is 6. The Morgan fingerprint density at radius 3 is 2.07 bits per heavy atom. The second-order valence-electron chi connectivity index (χ2n) is 6.68. The van der Waals surface area contributed by atoms with Crippen molar-refractivity contribution >= 4 is 23.6 Å². The lowest BCUT2D eigenvalue weighted by molar-refractivity contribution is 0.0635. The van der Waals surface area contributed by atoms with Crippen LogP contribution in [0.5, 0.6) is 11.5 Å². The Morgan fingerprint density at radius 1 is 1.04 bits per heavy atom. The number of nitrogens with one attached hydrogen (secondary N) is 1. The van der Waals surface area contributed by atoms with Crippen LogP contribution in [-0.2, 0) is 4.74 Å². The normalized spacial score (nSPS) is 10.9. The maximum Gasteiger partial charge on any atom is 0.412 e. The Kier molecular flexibility index (Phi) is 5.82. The van der Waals surface area contributed by atoms with Crippen molar-refractivity contribution in [1.82, 2.24) is 4.98 Å². The Labute approximate surface area is 159 Å². The first-order valence-corrected chi connectivity index (χ1v) is 8.04. The molecule has 0 bridgehead atoms. The van der Waals surface area contributed by atoms with E-state index in [0.29, 0.717) is 0 Å². The average molecular weight is 390 g/mol. The van der Waals surface area contributed by atoms with Crippen molar-refractivity contribution < 1.29 is 28.2 Å². The number of rotatable bonds is 5. The zero-order chi connectivity index (χ0) is 21.1. The minimum Gasteiger partial charge on any atom is -0.454 e. The van der Waals surface area contributed by atoms with Crippen molar-refractivity contribution in [2.24, 2.45) is 11.5 Å². The molecule has 10 heteroatoms. The fraction of sp³-hybridized carbons (Fsp3) is 0.222. The molecule has 0 aliphatic carbocycles. The molecular formula is C18H19FN4O5. The average Bonchev–Trinajstić information content (AvgIpc) is 2.55. The van der Waals surface area contributed by atoms with E-state index in [1.807, 2.05) is 0 Å². The number of nitrogens with zero attached hydrogens (tertiary/aromatic N) is 1. The number of amides is 3. The molecule has 148 valence electrons. The molecule has 5 N–H and O–H groups in total. The molecule has 0 aliphatic heterocycles. The zero-order valence-corrected chi connectivity index (χ0v) is 15.4. The lowest BCUT2D eigenvalue weighted by Crippen LogP contribution is -2.27. The molecule has 0 aliphatic rings. The van der Waals surface area contributed by atoms with Crippen LogP contribution >= 0.6 is 0 Å². The quantitative estimate of drug-likeness (QED) is 0.715. The first kappa shape index (κ1) is 20.6. The minimum absolute atomic E-state index is 0.0654. The lowest BCUT2D eigenvalue weighted by Gasteiger charge is -2.19. The van der Waals surface area contributed by atoms with Gasteiger partial charge < -0.3 is 20.9 Å². The van der Waals surface area contributed by atoms with Gasteiger partial charge in [-0.3, -0.25) is 14.9 Å². The number of ether oxygens (including phenoxy) is 2. The predicted octanol–water partition coefficient (Wildman–Crippen LogP) is 2.56. The van der Waals surface area contributed by atoms with Crippen LogP contribution in [0, 0.1) is 5.82 Å². The van der Waals surface area contributed by atoms with Crippen molar-refractivity contribution in [3.8, 4) is 11.5 Å². The van der Waals surface area contributed by atoms with Gasteiger partial charge in [0.15, 0.2) is 11.6 Å². The fourth-order valence-corrected chi connectivity index (χ4v) is 2.03. The SMILES string of the molecule is CC(C)(C)OC(=O)Nc1ccc(Oc2cc(C(N)=O)nc(C(N)=O)c2)c(F)c1. The van der Waals surface area contributed by atoms with Crippen LogP contribution in [0.1, 0.15) is 41.7 Å². The molecule has 2 rings (SSSR count). The number of carbonyl (C=O) groups excluding carboxylic acids is 3. The van der Waals surface area contributed by atoms with Gasteiger partial charge >= 0.3 is 6.09 Å². The summed E-state index contributed by atoms with van der Waals surface area (Å²) in [5, 5.41) is 2.39. The van der Waals surface area contributed by atoms with Crippen LogP contribution in [0.15, 0.2) is 30.3 Å². The van der Waals surface area contributed by atoms with Gasteiger partial charge in [-0.1, -0.05) is 0 Å². The summed E-state index contributed by atoms with van der Waals surface area (Å²) in [5.74, 6) is -2.93. The third kappa shape index (κ3) is 5.66. The van der Waals surface area contributed by atoms with Crippen molar-refractivity contribution in [2.45, 2.75) is 26.4 Å². The van der Waals surface area contributed by atoms with E-state index < -0.39 is 29.3 Å². The maximum absolute atomic E-state index is 14.3. The summed E-state index contributed by atoms with van der Waals surface area (Å²) in [6.07, 6.45) is -0.744. The van der Waals surface area contributed by atoms with Gasteiger partial charge in [0.25, 0.3) is 11.8 Å². The second kappa shape index (κ2) is 7.91. The number of anilines is 1. The summed E-state index contributed by atoms with van der Waals surface area (Å²) in [6.45, 7) is 5.08. The monoisotopic (exact) mass is 390 g/mol. The van der Waals surface area contributed by atoms with E-state index in [1.165, 1.54) is 12.1 Å². The topological polar surface area (TPSA) is 147 Å². The van der Waals surface area contributed by atoms with Crippen LogP contribution in [0.25, 0.3) is 0 Å². The van der Waals surface area contributed by atoms with Gasteiger partial charge in [0.1, 0.15) is 22.7 Å². The van der Waals surface area contributed by atoms with Crippen molar-refractivity contribution in [1.29, 1.82) is 0 Å². The summed E-state index contributed by atoms with van der Waals surface area (Å²) < 4.78 is 24.8.